The number of amides is 3. The van der Waals surface area contributed by atoms with Crippen molar-refractivity contribution in [2.75, 3.05) is 17.7 Å². The fourth-order valence-electron chi connectivity index (χ4n) is 2.34. The Labute approximate surface area is 153 Å². The van der Waals surface area contributed by atoms with Crippen molar-refractivity contribution in [1.29, 1.82) is 0 Å². The highest BCUT2D eigenvalue weighted by Crippen LogP contribution is 2.15. The topological polar surface area (TPSA) is 87.3 Å². The van der Waals surface area contributed by atoms with Gasteiger partial charge in [0.25, 0.3) is 0 Å². The lowest BCUT2D eigenvalue weighted by Gasteiger charge is -2.08. The molecule has 0 spiro atoms. The van der Waals surface area contributed by atoms with Gasteiger partial charge in [0.1, 0.15) is 0 Å². The largest absolute Gasteiger partial charge is 0.341 e. The molecule has 0 unspecified atom stereocenters. The highest BCUT2D eigenvalue weighted by atomic mass is 16.2. The fourth-order valence-corrected chi connectivity index (χ4v) is 2.34. The Kier molecular flexibility index (Phi) is 6.49. The molecule has 6 nitrogen and oxygen atoms in total. The number of hydrogen-bond acceptors (Lipinski definition) is 3. The van der Waals surface area contributed by atoms with Crippen molar-refractivity contribution in [2.45, 2.75) is 26.7 Å². The molecular formula is C20H23N3O3. The molecule has 0 saturated heterocycles. The summed E-state index contributed by atoms with van der Waals surface area (Å²) in [5.41, 5.74) is 4.05. The number of rotatable bonds is 6. The van der Waals surface area contributed by atoms with Gasteiger partial charge in [0, 0.05) is 36.8 Å². The molecule has 3 amide bonds. The van der Waals surface area contributed by atoms with Crippen molar-refractivity contribution >= 4 is 29.1 Å². The summed E-state index contributed by atoms with van der Waals surface area (Å²) in [5.74, 6) is -0.275. The Bertz CT molecular complexity index is 814. The van der Waals surface area contributed by atoms with Gasteiger partial charge in [-0.25, -0.2) is 4.79 Å². The number of benzene rings is 2. The highest BCUT2D eigenvalue weighted by molar-refractivity contribution is 6.00. The van der Waals surface area contributed by atoms with Crippen LogP contribution in [0.5, 0.6) is 0 Å². The summed E-state index contributed by atoms with van der Waals surface area (Å²) < 4.78 is 0. The molecule has 3 N–H and O–H groups in total. The van der Waals surface area contributed by atoms with Crippen LogP contribution in [0, 0.1) is 13.8 Å². The Hall–Kier alpha value is -3.15. The normalized spacial score (nSPS) is 10.1. The summed E-state index contributed by atoms with van der Waals surface area (Å²) in [6, 6.07) is 12.0. The predicted octanol–water partition coefficient (Wildman–Crippen LogP) is 3.66. The third-order valence-corrected chi connectivity index (χ3v) is 4.06. The highest BCUT2D eigenvalue weighted by Gasteiger charge is 2.10. The van der Waals surface area contributed by atoms with Gasteiger partial charge in [-0.15, -0.1) is 0 Å². The summed E-state index contributed by atoms with van der Waals surface area (Å²) in [5, 5.41) is 7.83. The fraction of sp³-hybridized carbons (Fsp3) is 0.250. The Morgan fingerprint density at radius 3 is 2.00 bits per heavy atom. The molecule has 0 fully saturated rings. The molecule has 2 rings (SSSR count). The van der Waals surface area contributed by atoms with E-state index in [1.54, 1.807) is 30.3 Å². The molecule has 2 aromatic rings. The monoisotopic (exact) mass is 353 g/mol. The van der Waals surface area contributed by atoms with Crippen LogP contribution in [0.1, 0.15) is 34.3 Å². The van der Waals surface area contributed by atoms with E-state index in [0.29, 0.717) is 16.9 Å². The maximum atomic E-state index is 12.2. The number of carbonyl (C=O) groups is 3. The van der Waals surface area contributed by atoms with Gasteiger partial charge in [-0.1, -0.05) is 12.1 Å². The first-order valence-electron chi connectivity index (χ1n) is 8.38. The van der Waals surface area contributed by atoms with Crippen LogP contribution in [0.15, 0.2) is 42.5 Å². The van der Waals surface area contributed by atoms with Gasteiger partial charge in [0.15, 0.2) is 5.78 Å². The second-order valence-corrected chi connectivity index (χ2v) is 6.05. The van der Waals surface area contributed by atoms with Crippen LogP contribution >= 0.6 is 0 Å². The molecule has 6 heteroatoms. The maximum absolute atomic E-state index is 12.2. The van der Waals surface area contributed by atoms with Gasteiger partial charge in [-0.05, 0) is 55.3 Å². The number of nitrogens with one attached hydrogen (secondary N) is 3. The van der Waals surface area contributed by atoms with Crippen molar-refractivity contribution < 1.29 is 14.4 Å². The molecule has 0 aromatic heterocycles. The molecule has 0 aliphatic carbocycles. The molecule has 0 radical (unpaired) electrons. The van der Waals surface area contributed by atoms with E-state index in [9.17, 15) is 14.4 Å². The summed E-state index contributed by atoms with van der Waals surface area (Å²) in [6.45, 7) is 3.95. The molecule has 26 heavy (non-hydrogen) atoms. The second kappa shape index (κ2) is 8.80. The zero-order valence-corrected chi connectivity index (χ0v) is 15.2. The quantitative estimate of drug-likeness (QED) is 0.693. The number of ketones is 1. The van der Waals surface area contributed by atoms with Gasteiger partial charge >= 0.3 is 6.03 Å². The molecule has 0 aliphatic rings. The van der Waals surface area contributed by atoms with Crippen molar-refractivity contribution in [1.82, 2.24) is 5.32 Å². The number of hydrogen-bond donors (Lipinski definition) is 3. The molecule has 0 bridgehead atoms. The number of Topliss-reactive ketones (excluding diaryl/α,β-unsaturated/α-hetero) is 1. The van der Waals surface area contributed by atoms with E-state index in [-0.39, 0.29) is 30.6 Å². The van der Waals surface area contributed by atoms with Crippen LogP contribution in [-0.4, -0.2) is 24.8 Å². The van der Waals surface area contributed by atoms with E-state index < -0.39 is 0 Å². The third kappa shape index (κ3) is 5.44. The van der Waals surface area contributed by atoms with Crippen molar-refractivity contribution in [3.63, 3.8) is 0 Å². The molecule has 2 aromatic carbocycles. The average molecular weight is 353 g/mol. The Balaban J connectivity index is 1.85. The zero-order chi connectivity index (χ0) is 19.1. The standard InChI is InChI=1S/C20H23N3O3/c1-13-4-5-15(12-14(13)2)18(24)10-11-19(25)22-16-6-8-17(9-7-16)23-20(26)21-3/h4-9,12H,10-11H2,1-3H3,(H,22,25)(H2,21,23,26). The SMILES string of the molecule is CNC(=O)Nc1ccc(NC(=O)CCC(=O)c2ccc(C)c(C)c2)cc1. The van der Waals surface area contributed by atoms with E-state index in [4.69, 9.17) is 0 Å². The van der Waals surface area contributed by atoms with Gasteiger partial charge < -0.3 is 16.0 Å². The summed E-state index contributed by atoms with van der Waals surface area (Å²) in [4.78, 5) is 35.5. The predicted molar refractivity (Wildman–Crippen MR) is 103 cm³/mol. The number of anilines is 2. The summed E-state index contributed by atoms with van der Waals surface area (Å²) in [7, 11) is 1.53. The maximum Gasteiger partial charge on any atom is 0.318 e. The van der Waals surface area contributed by atoms with E-state index in [1.807, 2.05) is 26.0 Å². The van der Waals surface area contributed by atoms with E-state index >= 15 is 0 Å². The van der Waals surface area contributed by atoms with Gasteiger partial charge in [-0.3, -0.25) is 9.59 Å². The van der Waals surface area contributed by atoms with E-state index in [0.717, 1.165) is 11.1 Å². The van der Waals surface area contributed by atoms with Gasteiger partial charge in [0.2, 0.25) is 5.91 Å². The molecule has 0 heterocycles. The lowest BCUT2D eigenvalue weighted by Crippen LogP contribution is -2.24. The molecule has 0 aliphatic heterocycles. The minimum atomic E-state index is -0.313. The first-order chi connectivity index (χ1) is 12.4. The molecule has 0 saturated carbocycles. The average Bonchev–Trinajstić information content (AvgIpc) is 2.63. The van der Waals surface area contributed by atoms with E-state index in [1.165, 1.54) is 7.05 Å². The van der Waals surface area contributed by atoms with Crippen LogP contribution < -0.4 is 16.0 Å². The van der Waals surface area contributed by atoms with Crippen LogP contribution in [0.3, 0.4) is 0 Å². The van der Waals surface area contributed by atoms with Crippen molar-refractivity contribution in [3.8, 4) is 0 Å². The number of aryl methyl sites for hydroxylation is 2. The van der Waals surface area contributed by atoms with E-state index in [2.05, 4.69) is 16.0 Å². The smallest absolute Gasteiger partial charge is 0.318 e. The minimum absolute atomic E-state index is 0.0478. The summed E-state index contributed by atoms with van der Waals surface area (Å²) >= 11 is 0. The van der Waals surface area contributed by atoms with Gasteiger partial charge in [0.05, 0.1) is 0 Å². The van der Waals surface area contributed by atoms with Gasteiger partial charge in [-0.2, -0.15) is 0 Å². The first kappa shape index (κ1) is 19.2. The van der Waals surface area contributed by atoms with Crippen LogP contribution in [-0.2, 0) is 4.79 Å². The minimum Gasteiger partial charge on any atom is -0.341 e. The molecule has 0 atom stereocenters. The third-order valence-electron chi connectivity index (χ3n) is 4.06. The Morgan fingerprint density at radius 1 is 0.808 bits per heavy atom. The lowest BCUT2D eigenvalue weighted by molar-refractivity contribution is -0.116. The molecule has 136 valence electrons. The molecular weight excluding hydrogens is 330 g/mol. The number of urea groups is 1. The van der Waals surface area contributed by atoms with Crippen LogP contribution in [0.25, 0.3) is 0 Å². The van der Waals surface area contributed by atoms with Crippen molar-refractivity contribution in [3.05, 3.63) is 59.2 Å². The lowest BCUT2D eigenvalue weighted by atomic mass is 10.0. The Morgan fingerprint density at radius 2 is 1.42 bits per heavy atom. The van der Waals surface area contributed by atoms with Crippen LogP contribution in [0.4, 0.5) is 16.2 Å². The zero-order valence-electron chi connectivity index (χ0n) is 15.2. The number of carbonyl (C=O) groups excluding carboxylic acids is 3. The van der Waals surface area contributed by atoms with Crippen LogP contribution in [0.2, 0.25) is 0 Å². The first-order valence-corrected chi connectivity index (χ1v) is 8.38. The second-order valence-electron chi connectivity index (χ2n) is 6.05. The van der Waals surface area contributed by atoms with Crippen molar-refractivity contribution in [2.24, 2.45) is 0 Å². The summed E-state index contributed by atoms with van der Waals surface area (Å²) in [6.07, 6.45) is 0.272.